The number of nitrogens with one attached hydrogen (secondary N) is 1. The van der Waals surface area contributed by atoms with Gasteiger partial charge in [0, 0.05) is 4.47 Å². The highest BCUT2D eigenvalue weighted by molar-refractivity contribution is 9.10. The molecule has 0 radical (unpaired) electrons. The Labute approximate surface area is 122 Å². The summed E-state index contributed by atoms with van der Waals surface area (Å²) in [6, 6.07) is 6.28. The third-order valence-corrected chi connectivity index (χ3v) is 3.16. The fourth-order valence-corrected chi connectivity index (χ4v) is 1.99. The molecule has 94 valence electrons. The number of alkyl carbamates (subject to hydrolysis) is 1. The lowest BCUT2D eigenvalue weighted by Gasteiger charge is -2.25. The van der Waals surface area contributed by atoms with Crippen LogP contribution in [0.2, 0.25) is 0 Å². The zero-order valence-electron chi connectivity index (χ0n) is 8.72. The van der Waals surface area contributed by atoms with Gasteiger partial charge < -0.3 is 10.1 Å². The molecule has 0 saturated heterocycles. The van der Waals surface area contributed by atoms with Gasteiger partial charge in [0.15, 0.2) is 0 Å². The Morgan fingerprint density at radius 2 is 1.88 bits per heavy atom. The summed E-state index contributed by atoms with van der Waals surface area (Å²) in [6.07, 6.45) is -0.663. The first-order valence-electron chi connectivity index (χ1n) is 4.51. The summed E-state index contributed by atoms with van der Waals surface area (Å²) in [5, 5.41) is 2.47. The molecule has 0 aliphatic carbocycles. The molecule has 0 aliphatic rings. The number of rotatable bonds is 2. The van der Waals surface area contributed by atoms with Gasteiger partial charge >= 0.3 is 6.09 Å². The highest BCUT2D eigenvalue weighted by atomic mass is 79.9. The Hall–Kier alpha value is -0.160. The van der Waals surface area contributed by atoms with Gasteiger partial charge in [0.1, 0.15) is 6.04 Å². The van der Waals surface area contributed by atoms with Crippen LogP contribution in [0.4, 0.5) is 4.79 Å². The Morgan fingerprint density at radius 1 is 1.35 bits per heavy atom. The van der Waals surface area contributed by atoms with E-state index >= 15 is 0 Å². The molecular weight excluding hydrogens is 352 g/mol. The lowest BCUT2D eigenvalue weighted by atomic mass is 10.1. The highest BCUT2D eigenvalue weighted by Gasteiger charge is 2.35. The maximum Gasteiger partial charge on any atom is 0.407 e. The van der Waals surface area contributed by atoms with E-state index in [-0.39, 0.29) is 0 Å². The van der Waals surface area contributed by atoms with Crippen LogP contribution < -0.4 is 5.32 Å². The maximum atomic E-state index is 11.2. The van der Waals surface area contributed by atoms with Crippen molar-refractivity contribution >= 4 is 56.8 Å². The second kappa shape index (κ2) is 6.14. The maximum absolute atomic E-state index is 11.2. The van der Waals surface area contributed by atoms with Crippen molar-refractivity contribution in [2.75, 3.05) is 7.11 Å². The molecule has 0 aliphatic heterocycles. The van der Waals surface area contributed by atoms with Crippen LogP contribution >= 0.6 is 50.7 Å². The van der Waals surface area contributed by atoms with Gasteiger partial charge in [-0.3, -0.25) is 0 Å². The summed E-state index contributed by atoms with van der Waals surface area (Å²) < 4.78 is 3.71. The van der Waals surface area contributed by atoms with Gasteiger partial charge in [-0.05, 0) is 17.7 Å². The molecule has 7 heteroatoms. The minimum absolute atomic E-state index is 0.663. The van der Waals surface area contributed by atoms with E-state index in [1.165, 1.54) is 7.11 Å². The highest BCUT2D eigenvalue weighted by Crippen LogP contribution is 2.40. The van der Waals surface area contributed by atoms with Crippen molar-refractivity contribution in [1.29, 1.82) is 0 Å². The molecule has 1 aromatic rings. The molecule has 3 nitrogen and oxygen atoms in total. The second-order valence-corrected chi connectivity index (χ2v) is 6.45. The molecule has 0 spiro atoms. The topological polar surface area (TPSA) is 38.3 Å². The minimum Gasteiger partial charge on any atom is -0.453 e. The van der Waals surface area contributed by atoms with Crippen LogP contribution in [0, 0.1) is 0 Å². The van der Waals surface area contributed by atoms with Gasteiger partial charge in [0.25, 0.3) is 0 Å². The number of carbonyl (C=O) groups excluding carboxylic acids is 1. The molecule has 0 saturated carbocycles. The zero-order valence-corrected chi connectivity index (χ0v) is 12.6. The fourth-order valence-electron chi connectivity index (χ4n) is 1.19. The van der Waals surface area contributed by atoms with Crippen molar-refractivity contribution in [3.05, 3.63) is 34.3 Å². The first-order valence-corrected chi connectivity index (χ1v) is 6.44. The second-order valence-electron chi connectivity index (χ2n) is 3.16. The van der Waals surface area contributed by atoms with Gasteiger partial charge in [0.05, 0.1) is 7.11 Å². The number of methoxy groups -OCH3 is 1. The average Bonchev–Trinajstić information content (AvgIpc) is 2.25. The van der Waals surface area contributed by atoms with Crippen LogP contribution in [0.25, 0.3) is 0 Å². The summed E-state index contributed by atoms with van der Waals surface area (Å²) in [5.41, 5.74) is 0.665. The zero-order chi connectivity index (χ0) is 13.1. The summed E-state index contributed by atoms with van der Waals surface area (Å²) in [6.45, 7) is 0. The Morgan fingerprint density at radius 3 is 2.29 bits per heavy atom. The molecule has 1 amide bonds. The summed E-state index contributed by atoms with van der Waals surface area (Å²) >= 11 is 20.8. The van der Waals surface area contributed by atoms with E-state index in [0.717, 1.165) is 4.47 Å². The predicted octanol–water partition coefficient (Wildman–Crippen LogP) is 4.22. The predicted molar refractivity (Wildman–Crippen MR) is 72.7 cm³/mol. The van der Waals surface area contributed by atoms with Crippen LogP contribution in [-0.2, 0) is 4.74 Å². The number of hydrogen-bond acceptors (Lipinski definition) is 2. The van der Waals surface area contributed by atoms with Gasteiger partial charge in [-0.25, -0.2) is 4.79 Å². The van der Waals surface area contributed by atoms with Gasteiger partial charge in [-0.1, -0.05) is 62.9 Å². The average molecular weight is 361 g/mol. The van der Waals surface area contributed by atoms with E-state index in [1.807, 2.05) is 0 Å². The minimum atomic E-state index is -1.66. The van der Waals surface area contributed by atoms with E-state index in [2.05, 4.69) is 26.0 Å². The molecule has 0 bridgehead atoms. The van der Waals surface area contributed by atoms with Crippen molar-refractivity contribution in [1.82, 2.24) is 5.32 Å². The lowest BCUT2D eigenvalue weighted by molar-refractivity contribution is 0.166. The van der Waals surface area contributed by atoms with E-state index < -0.39 is 15.9 Å². The van der Waals surface area contributed by atoms with E-state index in [0.29, 0.717) is 5.56 Å². The molecule has 1 rings (SSSR count). The quantitative estimate of drug-likeness (QED) is 0.801. The van der Waals surface area contributed by atoms with E-state index in [9.17, 15) is 4.79 Å². The first kappa shape index (κ1) is 14.9. The molecule has 0 unspecified atom stereocenters. The largest absolute Gasteiger partial charge is 0.453 e. The number of benzene rings is 1. The number of halogens is 4. The molecule has 1 N–H and O–H groups in total. The van der Waals surface area contributed by atoms with Crippen molar-refractivity contribution in [3.8, 4) is 0 Å². The van der Waals surface area contributed by atoms with Gasteiger partial charge in [0.2, 0.25) is 3.79 Å². The fraction of sp³-hybridized carbons (Fsp3) is 0.300. The number of carbonyl (C=O) groups is 1. The molecule has 17 heavy (non-hydrogen) atoms. The third-order valence-electron chi connectivity index (χ3n) is 1.98. The van der Waals surface area contributed by atoms with Gasteiger partial charge in [-0.15, -0.1) is 0 Å². The Bertz CT molecular complexity index is 392. The third kappa shape index (κ3) is 4.54. The number of ether oxygens (including phenoxy) is 1. The normalized spacial score (nSPS) is 13.0. The molecule has 0 heterocycles. The van der Waals surface area contributed by atoms with Crippen molar-refractivity contribution in [2.45, 2.75) is 9.83 Å². The Kier molecular flexibility index (Phi) is 5.38. The molecule has 1 aromatic carbocycles. The summed E-state index contributed by atoms with van der Waals surface area (Å²) in [5.74, 6) is 0. The standard InChI is InChI=1S/C10H9BrCl3NO2/c1-17-9(16)15-8(10(12,13)14)6-2-4-7(11)5-3-6/h2-5,8H,1H3,(H,15,16)/t8-/m1/s1. The van der Waals surface area contributed by atoms with Crippen LogP contribution in [0.5, 0.6) is 0 Å². The van der Waals surface area contributed by atoms with Crippen LogP contribution in [0.15, 0.2) is 28.7 Å². The molecule has 0 fully saturated rings. The van der Waals surface area contributed by atoms with Gasteiger partial charge in [-0.2, -0.15) is 0 Å². The van der Waals surface area contributed by atoms with E-state index in [4.69, 9.17) is 34.8 Å². The van der Waals surface area contributed by atoms with Crippen LogP contribution in [0.1, 0.15) is 11.6 Å². The monoisotopic (exact) mass is 359 g/mol. The number of hydrogen-bond donors (Lipinski definition) is 1. The molecule has 0 aromatic heterocycles. The summed E-state index contributed by atoms with van der Waals surface area (Å²) in [4.78, 5) is 11.2. The van der Waals surface area contributed by atoms with Crippen molar-refractivity contribution < 1.29 is 9.53 Å². The lowest BCUT2D eigenvalue weighted by Crippen LogP contribution is -2.36. The molecule has 1 atom stereocenters. The SMILES string of the molecule is COC(=O)N[C@H](c1ccc(Br)cc1)C(Cl)(Cl)Cl. The Balaban J connectivity index is 2.98. The number of amides is 1. The van der Waals surface area contributed by atoms with Crippen molar-refractivity contribution in [3.63, 3.8) is 0 Å². The first-order chi connectivity index (χ1) is 7.84. The van der Waals surface area contributed by atoms with Crippen molar-refractivity contribution in [2.24, 2.45) is 0 Å². The smallest absolute Gasteiger partial charge is 0.407 e. The number of alkyl halides is 3. The molecular formula is C10H9BrCl3NO2. The van der Waals surface area contributed by atoms with Crippen LogP contribution in [0.3, 0.4) is 0 Å². The van der Waals surface area contributed by atoms with Crippen LogP contribution in [-0.4, -0.2) is 17.0 Å². The summed E-state index contributed by atoms with van der Waals surface area (Å²) in [7, 11) is 1.24. The van der Waals surface area contributed by atoms with E-state index in [1.54, 1.807) is 24.3 Å².